The van der Waals surface area contributed by atoms with E-state index < -0.39 is 0 Å². The second-order valence-electron chi connectivity index (χ2n) is 5.81. The summed E-state index contributed by atoms with van der Waals surface area (Å²) in [5.41, 5.74) is 0.678. The first-order valence-corrected chi connectivity index (χ1v) is 7.05. The van der Waals surface area contributed by atoms with Crippen LogP contribution in [0, 0.1) is 0 Å². The fourth-order valence-corrected chi connectivity index (χ4v) is 2.58. The van der Waals surface area contributed by atoms with E-state index in [0.717, 1.165) is 37.2 Å². The van der Waals surface area contributed by atoms with Crippen LogP contribution < -0.4 is 4.74 Å². The van der Waals surface area contributed by atoms with Gasteiger partial charge >= 0.3 is 0 Å². The maximum Gasteiger partial charge on any atom is 0.233 e. The Morgan fingerprint density at radius 3 is 2.40 bits per heavy atom. The Kier molecular flexibility index (Phi) is 4.33. The van der Waals surface area contributed by atoms with Crippen LogP contribution in [0.25, 0.3) is 0 Å². The van der Waals surface area contributed by atoms with Gasteiger partial charge in [-0.1, -0.05) is 18.2 Å². The van der Waals surface area contributed by atoms with E-state index in [4.69, 9.17) is 4.74 Å². The largest absolute Gasteiger partial charge is 0.496 e. The summed E-state index contributed by atoms with van der Waals surface area (Å²) in [6.45, 7) is 1.63. The molecule has 0 radical (unpaired) electrons. The molecule has 1 fully saturated rings. The van der Waals surface area contributed by atoms with Crippen LogP contribution in [-0.2, 0) is 10.2 Å². The lowest BCUT2D eigenvalue weighted by molar-refractivity contribution is -0.132. The molecule has 4 nitrogen and oxygen atoms in total. The van der Waals surface area contributed by atoms with E-state index in [9.17, 15) is 4.79 Å². The molecule has 1 amide bonds. The number of rotatable bonds is 6. The highest BCUT2D eigenvalue weighted by molar-refractivity contribution is 5.92. The van der Waals surface area contributed by atoms with Gasteiger partial charge in [-0.05, 0) is 33.0 Å². The molecule has 0 aliphatic heterocycles. The first kappa shape index (κ1) is 14.9. The number of carbonyl (C=O) groups is 1. The van der Waals surface area contributed by atoms with Gasteiger partial charge in [0.1, 0.15) is 5.75 Å². The third kappa shape index (κ3) is 2.80. The van der Waals surface area contributed by atoms with Crippen LogP contribution >= 0.6 is 0 Å². The molecule has 4 heteroatoms. The maximum absolute atomic E-state index is 12.8. The number of likely N-dealkylation sites (N-methyl/N-ethyl adjacent to an activating group) is 2. The highest BCUT2D eigenvalue weighted by Crippen LogP contribution is 2.52. The lowest BCUT2D eigenvalue weighted by Gasteiger charge is -2.26. The normalized spacial score (nSPS) is 16.1. The van der Waals surface area contributed by atoms with Gasteiger partial charge in [0.2, 0.25) is 5.91 Å². The molecule has 0 bridgehead atoms. The van der Waals surface area contributed by atoms with Crippen molar-refractivity contribution < 1.29 is 9.53 Å². The Balaban J connectivity index is 2.16. The van der Waals surface area contributed by atoms with Crippen molar-refractivity contribution in [2.45, 2.75) is 18.3 Å². The molecule has 110 valence electrons. The van der Waals surface area contributed by atoms with Crippen molar-refractivity contribution in [1.29, 1.82) is 0 Å². The summed E-state index contributed by atoms with van der Waals surface area (Å²) >= 11 is 0. The summed E-state index contributed by atoms with van der Waals surface area (Å²) in [5.74, 6) is 1.03. The summed E-state index contributed by atoms with van der Waals surface area (Å²) < 4.78 is 5.42. The van der Waals surface area contributed by atoms with Crippen molar-refractivity contribution in [3.05, 3.63) is 29.8 Å². The van der Waals surface area contributed by atoms with Crippen molar-refractivity contribution in [1.82, 2.24) is 9.80 Å². The first-order valence-electron chi connectivity index (χ1n) is 7.05. The number of para-hydroxylation sites is 1. The zero-order valence-corrected chi connectivity index (χ0v) is 12.8. The Morgan fingerprint density at radius 2 is 1.85 bits per heavy atom. The van der Waals surface area contributed by atoms with Crippen LogP contribution in [0.15, 0.2) is 24.3 Å². The zero-order chi connectivity index (χ0) is 14.8. The third-order valence-corrected chi connectivity index (χ3v) is 4.01. The Morgan fingerprint density at radius 1 is 1.20 bits per heavy atom. The number of hydrogen-bond donors (Lipinski definition) is 0. The van der Waals surface area contributed by atoms with E-state index in [1.807, 2.05) is 50.3 Å². The van der Waals surface area contributed by atoms with Crippen LogP contribution in [0.4, 0.5) is 0 Å². The van der Waals surface area contributed by atoms with Gasteiger partial charge in [-0.15, -0.1) is 0 Å². The monoisotopic (exact) mass is 276 g/mol. The van der Waals surface area contributed by atoms with Gasteiger partial charge in [0.05, 0.1) is 12.5 Å². The molecular weight excluding hydrogens is 252 g/mol. The molecule has 0 atom stereocenters. The second-order valence-corrected chi connectivity index (χ2v) is 5.81. The fraction of sp³-hybridized carbons (Fsp3) is 0.562. The van der Waals surface area contributed by atoms with Gasteiger partial charge in [0.25, 0.3) is 0 Å². The Hall–Kier alpha value is -1.55. The van der Waals surface area contributed by atoms with Crippen LogP contribution in [0.1, 0.15) is 18.4 Å². The number of carbonyl (C=O) groups excluding carboxylic acids is 1. The molecule has 1 saturated carbocycles. The Labute approximate surface area is 121 Å². The van der Waals surface area contributed by atoms with Crippen LogP contribution in [0.3, 0.4) is 0 Å². The predicted molar refractivity (Wildman–Crippen MR) is 80.1 cm³/mol. The molecule has 20 heavy (non-hydrogen) atoms. The summed E-state index contributed by atoms with van der Waals surface area (Å²) in [6, 6.07) is 7.87. The van der Waals surface area contributed by atoms with E-state index in [1.54, 1.807) is 7.11 Å². The average Bonchev–Trinajstić information content (AvgIpc) is 3.25. The highest BCUT2D eigenvalue weighted by atomic mass is 16.5. The van der Waals surface area contributed by atoms with Gasteiger partial charge in [-0.2, -0.15) is 0 Å². The maximum atomic E-state index is 12.8. The highest BCUT2D eigenvalue weighted by Gasteiger charge is 2.53. The molecule has 0 heterocycles. The molecule has 0 spiro atoms. The van der Waals surface area contributed by atoms with Crippen molar-refractivity contribution in [2.24, 2.45) is 0 Å². The van der Waals surface area contributed by atoms with E-state index in [-0.39, 0.29) is 11.3 Å². The molecule has 1 aliphatic carbocycles. The number of amides is 1. The van der Waals surface area contributed by atoms with E-state index in [0.29, 0.717) is 0 Å². The van der Waals surface area contributed by atoms with Gasteiger partial charge in [-0.3, -0.25) is 4.79 Å². The SMILES string of the molecule is COc1ccccc1C1(C(=O)N(C)CCN(C)C)CC1. The van der Waals surface area contributed by atoms with Crippen molar-refractivity contribution in [3.63, 3.8) is 0 Å². The first-order chi connectivity index (χ1) is 9.51. The zero-order valence-electron chi connectivity index (χ0n) is 12.8. The van der Waals surface area contributed by atoms with Crippen LogP contribution in [-0.4, -0.2) is 57.0 Å². The van der Waals surface area contributed by atoms with Gasteiger partial charge in [-0.25, -0.2) is 0 Å². The average molecular weight is 276 g/mol. The minimum atomic E-state index is -0.354. The van der Waals surface area contributed by atoms with Crippen LogP contribution in [0.2, 0.25) is 0 Å². The van der Waals surface area contributed by atoms with Crippen molar-refractivity contribution >= 4 is 5.91 Å². The van der Waals surface area contributed by atoms with Crippen molar-refractivity contribution in [2.75, 3.05) is 41.3 Å². The number of hydrogen-bond acceptors (Lipinski definition) is 3. The van der Waals surface area contributed by atoms with E-state index >= 15 is 0 Å². The van der Waals surface area contributed by atoms with E-state index in [2.05, 4.69) is 4.90 Å². The van der Waals surface area contributed by atoms with Gasteiger partial charge in [0, 0.05) is 25.7 Å². The molecule has 0 N–H and O–H groups in total. The molecule has 0 aromatic heterocycles. The minimum Gasteiger partial charge on any atom is -0.496 e. The van der Waals surface area contributed by atoms with E-state index in [1.165, 1.54) is 0 Å². The standard InChI is InChI=1S/C16H24N2O2/c1-17(2)11-12-18(3)15(19)16(9-10-16)13-7-5-6-8-14(13)20-4/h5-8H,9-12H2,1-4H3. The molecule has 2 rings (SSSR count). The number of ether oxygens (including phenoxy) is 1. The second kappa shape index (κ2) is 5.83. The third-order valence-electron chi connectivity index (χ3n) is 4.01. The minimum absolute atomic E-state index is 0.212. The summed E-state index contributed by atoms with van der Waals surface area (Å²) in [5, 5.41) is 0. The summed E-state index contributed by atoms with van der Waals surface area (Å²) in [7, 11) is 7.59. The summed E-state index contributed by atoms with van der Waals surface area (Å²) in [6.07, 6.45) is 1.83. The van der Waals surface area contributed by atoms with Crippen molar-refractivity contribution in [3.8, 4) is 5.75 Å². The fourth-order valence-electron chi connectivity index (χ4n) is 2.58. The number of benzene rings is 1. The topological polar surface area (TPSA) is 32.8 Å². The molecular formula is C16H24N2O2. The molecule has 1 aromatic carbocycles. The predicted octanol–water partition coefficient (Wildman–Crippen LogP) is 1.75. The Bertz CT molecular complexity index is 481. The smallest absolute Gasteiger partial charge is 0.233 e. The molecule has 1 aliphatic rings. The molecule has 1 aromatic rings. The number of methoxy groups -OCH3 is 1. The molecule has 0 unspecified atom stereocenters. The molecule has 0 saturated heterocycles. The van der Waals surface area contributed by atoms with Gasteiger partial charge < -0.3 is 14.5 Å². The number of nitrogens with zero attached hydrogens (tertiary/aromatic N) is 2. The van der Waals surface area contributed by atoms with Crippen LogP contribution in [0.5, 0.6) is 5.75 Å². The van der Waals surface area contributed by atoms with Gasteiger partial charge in [0.15, 0.2) is 0 Å². The lowest BCUT2D eigenvalue weighted by atomic mass is 9.93. The summed E-state index contributed by atoms with van der Waals surface area (Å²) in [4.78, 5) is 16.7. The lowest BCUT2D eigenvalue weighted by Crippen LogP contribution is -2.40. The quantitative estimate of drug-likeness (QED) is 0.793.